The first-order valence-corrected chi connectivity index (χ1v) is 6.98. The van der Waals surface area contributed by atoms with Gasteiger partial charge in [0, 0.05) is 12.1 Å². The van der Waals surface area contributed by atoms with Gasteiger partial charge in [-0.1, -0.05) is 19.6 Å². The molecular formula is C16H16FN3O6. The lowest BCUT2D eigenvalue weighted by Crippen LogP contribution is -2.28. The highest BCUT2D eigenvalue weighted by Crippen LogP contribution is 2.22. The zero-order valence-corrected chi connectivity index (χ0v) is 12.7. The van der Waals surface area contributed by atoms with Crippen LogP contribution in [0.15, 0.2) is 42.5 Å². The van der Waals surface area contributed by atoms with Crippen LogP contribution in [0.4, 0.5) is 15.8 Å². The van der Waals surface area contributed by atoms with Crippen molar-refractivity contribution in [1.29, 1.82) is 0 Å². The molecular weight excluding hydrogens is 349 g/mol. The number of non-ortho nitro benzene ring substituents is 2. The van der Waals surface area contributed by atoms with Gasteiger partial charge in [-0.3, -0.25) is 25.0 Å². The number of nitro benzene ring substituents is 2. The van der Waals surface area contributed by atoms with E-state index < -0.39 is 32.9 Å². The fourth-order valence-corrected chi connectivity index (χ4v) is 1.93. The van der Waals surface area contributed by atoms with Crippen molar-refractivity contribution in [3.8, 4) is 5.75 Å². The smallest absolute Gasteiger partial charge is 0.277 e. The van der Waals surface area contributed by atoms with E-state index in [9.17, 15) is 29.4 Å². The summed E-state index contributed by atoms with van der Waals surface area (Å²) in [4.78, 5) is 31.9. The van der Waals surface area contributed by atoms with Gasteiger partial charge in [0.2, 0.25) is 0 Å². The molecule has 0 aliphatic carbocycles. The zero-order chi connectivity index (χ0) is 18.4. The summed E-state index contributed by atoms with van der Waals surface area (Å²) in [7, 11) is 0. The monoisotopic (exact) mass is 365 g/mol. The summed E-state index contributed by atoms with van der Waals surface area (Å²) in [6, 6.07) is 8.34. The largest absolute Gasteiger partial charge is 0.489 e. The van der Waals surface area contributed by atoms with Crippen molar-refractivity contribution in [2.24, 2.45) is 0 Å². The molecule has 0 unspecified atom stereocenters. The van der Waals surface area contributed by atoms with E-state index in [0.29, 0.717) is 0 Å². The third-order valence-corrected chi connectivity index (χ3v) is 3.07. The molecule has 1 N–H and O–H groups in total. The van der Waals surface area contributed by atoms with Crippen molar-refractivity contribution >= 4 is 17.3 Å². The Balaban J connectivity index is 0.00000338. The second-order valence-electron chi connectivity index (χ2n) is 4.79. The molecule has 0 bridgehead atoms. The van der Waals surface area contributed by atoms with Crippen LogP contribution >= 0.6 is 0 Å². The van der Waals surface area contributed by atoms with E-state index in [-0.39, 0.29) is 31.9 Å². The number of nitrogens with zero attached hydrogens (tertiary/aromatic N) is 2. The molecule has 0 spiro atoms. The number of amides is 1. The van der Waals surface area contributed by atoms with E-state index in [1.54, 1.807) is 6.07 Å². The van der Waals surface area contributed by atoms with Crippen molar-refractivity contribution < 1.29 is 23.8 Å². The predicted octanol–water partition coefficient (Wildman–Crippen LogP) is 3.09. The SMILES string of the molecule is C.O=C(NCCOc1ccccc1F)c1cc([N+](=O)[O-])cc([N+](=O)[O-])c1. The first kappa shape index (κ1) is 20.5. The highest BCUT2D eigenvalue weighted by Gasteiger charge is 2.19. The molecule has 0 radical (unpaired) electrons. The van der Waals surface area contributed by atoms with Crippen molar-refractivity contribution in [3.63, 3.8) is 0 Å². The Morgan fingerprint density at radius 1 is 1.08 bits per heavy atom. The van der Waals surface area contributed by atoms with E-state index in [1.807, 2.05) is 0 Å². The number of nitro groups is 2. The Kier molecular flexibility index (Phi) is 7.14. The van der Waals surface area contributed by atoms with Crippen LogP contribution in [0.2, 0.25) is 0 Å². The molecule has 2 aromatic carbocycles. The number of para-hydroxylation sites is 1. The standard InChI is InChI=1S/C15H12FN3O6.CH4/c16-13-3-1-2-4-14(13)25-6-5-17-15(20)10-7-11(18(21)22)9-12(8-10)19(23)24;/h1-4,7-9H,5-6H2,(H,17,20);1H4. The minimum absolute atomic E-state index is 0. The second-order valence-corrected chi connectivity index (χ2v) is 4.79. The van der Waals surface area contributed by atoms with Gasteiger partial charge in [0.15, 0.2) is 11.6 Å². The number of hydrogen-bond donors (Lipinski definition) is 1. The number of benzene rings is 2. The summed E-state index contributed by atoms with van der Waals surface area (Å²) in [5.74, 6) is -1.28. The average Bonchev–Trinajstić information content (AvgIpc) is 2.59. The number of nitrogens with one attached hydrogen (secondary N) is 1. The van der Waals surface area contributed by atoms with E-state index in [4.69, 9.17) is 4.74 Å². The molecule has 10 heteroatoms. The maximum atomic E-state index is 13.3. The minimum atomic E-state index is -0.828. The number of carbonyl (C=O) groups excluding carboxylic acids is 1. The maximum absolute atomic E-state index is 13.3. The van der Waals surface area contributed by atoms with Gasteiger partial charge in [0.25, 0.3) is 17.3 Å². The van der Waals surface area contributed by atoms with Crippen LogP contribution in [0, 0.1) is 26.0 Å². The van der Waals surface area contributed by atoms with Crippen LogP contribution in [0.3, 0.4) is 0 Å². The van der Waals surface area contributed by atoms with Gasteiger partial charge in [-0.15, -0.1) is 0 Å². The van der Waals surface area contributed by atoms with Crippen molar-refractivity contribution in [1.82, 2.24) is 5.32 Å². The molecule has 2 rings (SSSR count). The van der Waals surface area contributed by atoms with E-state index in [2.05, 4.69) is 5.32 Å². The Morgan fingerprint density at radius 3 is 2.19 bits per heavy atom. The molecule has 0 heterocycles. The summed E-state index contributed by atoms with van der Waals surface area (Å²) in [5.41, 5.74) is -1.37. The lowest BCUT2D eigenvalue weighted by Gasteiger charge is -2.08. The minimum Gasteiger partial charge on any atom is -0.489 e. The van der Waals surface area contributed by atoms with E-state index in [0.717, 1.165) is 18.2 Å². The van der Waals surface area contributed by atoms with Crippen LogP contribution in [-0.2, 0) is 0 Å². The summed E-state index contributed by atoms with van der Waals surface area (Å²) < 4.78 is 18.5. The first-order valence-electron chi connectivity index (χ1n) is 6.98. The molecule has 9 nitrogen and oxygen atoms in total. The Bertz CT molecular complexity index is 795. The predicted molar refractivity (Wildman–Crippen MR) is 90.7 cm³/mol. The quantitative estimate of drug-likeness (QED) is 0.457. The van der Waals surface area contributed by atoms with Crippen LogP contribution < -0.4 is 10.1 Å². The van der Waals surface area contributed by atoms with Crippen molar-refractivity contribution in [2.75, 3.05) is 13.2 Å². The van der Waals surface area contributed by atoms with Gasteiger partial charge in [-0.05, 0) is 12.1 Å². The Morgan fingerprint density at radius 2 is 1.65 bits per heavy atom. The molecule has 1 amide bonds. The normalized spacial score (nSPS) is 9.73. The fraction of sp³-hybridized carbons (Fsp3) is 0.188. The number of rotatable bonds is 7. The Hall–Kier alpha value is -3.56. The molecule has 0 atom stereocenters. The summed E-state index contributed by atoms with van der Waals surface area (Å²) in [6.07, 6.45) is 0. The number of hydrogen-bond acceptors (Lipinski definition) is 6. The molecule has 138 valence electrons. The van der Waals surface area contributed by atoms with Gasteiger partial charge in [0.05, 0.1) is 28.0 Å². The third kappa shape index (κ3) is 5.23. The Labute approximate surface area is 147 Å². The molecule has 0 saturated heterocycles. The lowest BCUT2D eigenvalue weighted by atomic mass is 10.1. The van der Waals surface area contributed by atoms with E-state index >= 15 is 0 Å². The lowest BCUT2D eigenvalue weighted by molar-refractivity contribution is -0.394. The van der Waals surface area contributed by atoms with Gasteiger partial charge in [-0.25, -0.2) is 4.39 Å². The van der Waals surface area contributed by atoms with Crippen LogP contribution in [0.1, 0.15) is 17.8 Å². The second kappa shape index (κ2) is 9.06. The summed E-state index contributed by atoms with van der Waals surface area (Å²) in [6.45, 7) is -0.0760. The molecule has 26 heavy (non-hydrogen) atoms. The van der Waals surface area contributed by atoms with Crippen LogP contribution in [-0.4, -0.2) is 28.9 Å². The molecule has 0 aromatic heterocycles. The molecule has 0 saturated carbocycles. The van der Waals surface area contributed by atoms with Gasteiger partial charge in [-0.2, -0.15) is 0 Å². The zero-order valence-electron chi connectivity index (χ0n) is 12.7. The summed E-state index contributed by atoms with van der Waals surface area (Å²) in [5, 5.41) is 24.0. The highest BCUT2D eigenvalue weighted by atomic mass is 19.1. The number of halogens is 1. The van der Waals surface area contributed by atoms with Crippen molar-refractivity contribution in [2.45, 2.75) is 7.43 Å². The number of carbonyl (C=O) groups is 1. The average molecular weight is 365 g/mol. The van der Waals surface area contributed by atoms with Crippen LogP contribution in [0.5, 0.6) is 5.75 Å². The molecule has 0 fully saturated rings. The van der Waals surface area contributed by atoms with Gasteiger partial charge in [0.1, 0.15) is 6.61 Å². The van der Waals surface area contributed by atoms with Gasteiger partial charge < -0.3 is 10.1 Å². The third-order valence-electron chi connectivity index (χ3n) is 3.07. The maximum Gasteiger partial charge on any atom is 0.277 e. The highest BCUT2D eigenvalue weighted by molar-refractivity contribution is 5.95. The molecule has 0 aliphatic heterocycles. The molecule has 0 aliphatic rings. The van der Waals surface area contributed by atoms with Gasteiger partial charge >= 0.3 is 0 Å². The fourth-order valence-electron chi connectivity index (χ4n) is 1.93. The topological polar surface area (TPSA) is 125 Å². The van der Waals surface area contributed by atoms with Crippen molar-refractivity contribution in [3.05, 3.63) is 74.1 Å². The first-order chi connectivity index (χ1) is 11.9. The van der Waals surface area contributed by atoms with Crippen LogP contribution in [0.25, 0.3) is 0 Å². The number of ether oxygens (including phenoxy) is 1. The van der Waals surface area contributed by atoms with E-state index in [1.165, 1.54) is 18.2 Å². The molecule has 2 aromatic rings. The summed E-state index contributed by atoms with van der Waals surface area (Å²) >= 11 is 0.